The summed E-state index contributed by atoms with van der Waals surface area (Å²) in [4.78, 5) is 33.2. The smallest absolute Gasteiger partial charge is 0.307 e. The van der Waals surface area contributed by atoms with E-state index in [2.05, 4.69) is 10.6 Å². The number of amides is 2. The van der Waals surface area contributed by atoms with Crippen LogP contribution in [-0.4, -0.2) is 36.0 Å². The van der Waals surface area contributed by atoms with Crippen molar-refractivity contribution in [3.8, 4) is 0 Å². The van der Waals surface area contributed by atoms with Crippen molar-refractivity contribution in [1.82, 2.24) is 10.6 Å². The number of carboxylic acids is 1. The molecule has 0 spiro atoms. The average Bonchev–Trinajstić information content (AvgIpc) is 3.17. The minimum absolute atomic E-state index is 0.0501. The highest BCUT2D eigenvalue weighted by Gasteiger charge is 2.48. The molecule has 2 atom stereocenters. The molecule has 0 heterocycles. The molecule has 0 radical (unpaired) electrons. The topological polar surface area (TPSA) is 95.5 Å². The van der Waals surface area contributed by atoms with Crippen LogP contribution < -0.4 is 10.6 Å². The molecule has 6 heteroatoms. The summed E-state index contributed by atoms with van der Waals surface area (Å²) >= 11 is 0. The first-order chi connectivity index (χ1) is 8.09. The zero-order valence-corrected chi connectivity index (χ0v) is 9.44. The number of hydrogen-bond acceptors (Lipinski definition) is 3. The van der Waals surface area contributed by atoms with Gasteiger partial charge in [-0.1, -0.05) is 0 Å². The number of carboxylic acid groups (broad SMARTS) is 1. The summed E-state index contributed by atoms with van der Waals surface area (Å²) in [5, 5.41) is 14.0. The second-order valence-electron chi connectivity index (χ2n) is 4.64. The van der Waals surface area contributed by atoms with E-state index in [1.54, 1.807) is 0 Å². The fraction of sp³-hybridized carbons (Fsp3) is 0.727. The Kier molecular flexibility index (Phi) is 3.31. The van der Waals surface area contributed by atoms with E-state index in [-0.39, 0.29) is 23.7 Å². The lowest BCUT2D eigenvalue weighted by atomic mass is 10.3. The first-order valence-corrected chi connectivity index (χ1v) is 5.88. The molecule has 0 aliphatic heterocycles. The van der Waals surface area contributed by atoms with Crippen LogP contribution in [0.1, 0.15) is 19.3 Å². The molecule has 0 unspecified atom stereocenters. The number of hydrogen-bond donors (Lipinski definition) is 3. The van der Waals surface area contributed by atoms with Crippen LogP contribution in [0.5, 0.6) is 0 Å². The van der Waals surface area contributed by atoms with Crippen LogP contribution in [0.2, 0.25) is 0 Å². The van der Waals surface area contributed by atoms with Crippen LogP contribution in [0.15, 0.2) is 0 Å². The molecule has 2 aliphatic rings. The Morgan fingerprint density at radius 1 is 1.00 bits per heavy atom. The van der Waals surface area contributed by atoms with Crippen molar-refractivity contribution in [3.05, 3.63) is 0 Å². The van der Waals surface area contributed by atoms with E-state index in [1.165, 1.54) is 0 Å². The molecule has 0 bridgehead atoms. The van der Waals surface area contributed by atoms with Gasteiger partial charge in [0.25, 0.3) is 0 Å². The van der Waals surface area contributed by atoms with Crippen molar-refractivity contribution >= 4 is 17.8 Å². The Morgan fingerprint density at radius 2 is 1.59 bits per heavy atom. The van der Waals surface area contributed by atoms with Crippen LogP contribution >= 0.6 is 0 Å². The fourth-order valence-electron chi connectivity index (χ4n) is 1.75. The van der Waals surface area contributed by atoms with Gasteiger partial charge in [0, 0.05) is 19.0 Å². The number of rotatable bonds is 6. The fourth-order valence-corrected chi connectivity index (χ4v) is 1.75. The lowest BCUT2D eigenvalue weighted by Gasteiger charge is -2.05. The third-order valence-corrected chi connectivity index (χ3v) is 3.12. The van der Waals surface area contributed by atoms with Gasteiger partial charge in [-0.05, 0) is 19.3 Å². The molecular weight excluding hydrogens is 224 g/mol. The van der Waals surface area contributed by atoms with Gasteiger partial charge < -0.3 is 15.7 Å². The third kappa shape index (κ3) is 3.18. The van der Waals surface area contributed by atoms with Crippen molar-refractivity contribution in [2.45, 2.75) is 19.3 Å². The van der Waals surface area contributed by atoms with Gasteiger partial charge in [-0.2, -0.15) is 0 Å². The first kappa shape index (κ1) is 11.9. The van der Waals surface area contributed by atoms with Crippen LogP contribution in [0.4, 0.5) is 0 Å². The van der Waals surface area contributed by atoms with E-state index in [4.69, 9.17) is 5.11 Å². The molecule has 2 fully saturated rings. The number of nitrogens with one attached hydrogen (secondary N) is 2. The zero-order chi connectivity index (χ0) is 12.4. The van der Waals surface area contributed by atoms with Gasteiger partial charge >= 0.3 is 5.97 Å². The maximum absolute atomic E-state index is 11.4. The third-order valence-electron chi connectivity index (χ3n) is 3.12. The first-order valence-electron chi connectivity index (χ1n) is 5.88. The summed E-state index contributed by atoms with van der Waals surface area (Å²) in [6.07, 6.45) is 2.34. The molecule has 0 saturated heterocycles. The van der Waals surface area contributed by atoms with E-state index in [1.807, 2.05) is 0 Å². The molecular formula is C11H16N2O4. The lowest BCUT2D eigenvalue weighted by molar-refractivity contribution is -0.140. The normalized spacial score (nSPS) is 26.1. The lowest BCUT2D eigenvalue weighted by Crippen LogP contribution is -2.36. The number of carbonyl (C=O) groups is 3. The summed E-state index contributed by atoms with van der Waals surface area (Å²) in [5.74, 6) is -1.81. The largest absolute Gasteiger partial charge is 0.481 e. The summed E-state index contributed by atoms with van der Waals surface area (Å²) in [5.41, 5.74) is 0. The highest BCUT2D eigenvalue weighted by molar-refractivity contribution is 5.89. The molecule has 0 aromatic rings. The summed E-state index contributed by atoms with van der Waals surface area (Å²) < 4.78 is 0. The van der Waals surface area contributed by atoms with Gasteiger partial charge in [-0.15, -0.1) is 0 Å². The van der Waals surface area contributed by atoms with E-state index >= 15 is 0 Å². The Bertz CT molecular complexity index is 351. The Labute approximate surface area is 98.8 Å². The SMILES string of the molecule is O=C(NCCNC(=O)[C@@H]1C[C@@H]1C(=O)O)C1CC1. The molecule has 2 rings (SSSR count). The van der Waals surface area contributed by atoms with Crippen LogP contribution in [0.3, 0.4) is 0 Å². The summed E-state index contributed by atoms with van der Waals surface area (Å²) in [6.45, 7) is 0.770. The van der Waals surface area contributed by atoms with Crippen LogP contribution in [0, 0.1) is 17.8 Å². The number of aliphatic carboxylic acids is 1. The molecule has 6 nitrogen and oxygen atoms in total. The van der Waals surface area contributed by atoms with Gasteiger partial charge in [0.05, 0.1) is 11.8 Å². The van der Waals surface area contributed by atoms with E-state index in [9.17, 15) is 14.4 Å². The molecule has 94 valence electrons. The second kappa shape index (κ2) is 4.73. The number of carbonyl (C=O) groups excluding carboxylic acids is 2. The van der Waals surface area contributed by atoms with Gasteiger partial charge in [0.2, 0.25) is 11.8 Å². The monoisotopic (exact) mass is 240 g/mol. The molecule has 0 aromatic heterocycles. The summed E-state index contributed by atoms with van der Waals surface area (Å²) in [7, 11) is 0. The van der Waals surface area contributed by atoms with Gasteiger partial charge in [-0.25, -0.2) is 0 Å². The van der Waals surface area contributed by atoms with E-state index < -0.39 is 11.9 Å². The van der Waals surface area contributed by atoms with Crippen LogP contribution in [0.25, 0.3) is 0 Å². The Balaban J connectivity index is 1.55. The maximum Gasteiger partial charge on any atom is 0.307 e. The van der Waals surface area contributed by atoms with Crippen molar-refractivity contribution in [2.24, 2.45) is 17.8 Å². The molecule has 2 amide bonds. The molecule has 17 heavy (non-hydrogen) atoms. The highest BCUT2D eigenvalue weighted by Crippen LogP contribution is 2.38. The van der Waals surface area contributed by atoms with Crippen molar-refractivity contribution in [2.75, 3.05) is 13.1 Å². The second-order valence-corrected chi connectivity index (χ2v) is 4.64. The molecule has 0 aromatic carbocycles. The van der Waals surface area contributed by atoms with E-state index in [0.717, 1.165) is 12.8 Å². The van der Waals surface area contributed by atoms with Crippen molar-refractivity contribution in [1.29, 1.82) is 0 Å². The Morgan fingerprint density at radius 3 is 2.06 bits per heavy atom. The van der Waals surface area contributed by atoms with Gasteiger partial charge in [0.15, 0.2) is 0 Å². The quantitative estimate of drug-likeness (QED) is 0.537. The Hall–Kier alpha value is -1.59. The predicted octanol–water partition coefficient (Wildman–Crippen LogP) is -0.651. The van der Waals surface area contributed by atoms with Crippen LogP contribution in [-0.2, 0) is 14.4 Å². The molecule has 2 aliphatic carbocycles. The summed E-state index contributed by atoms with van der Waals surface area (Å²) in [6, 6.07) is 0. The predicted molar refractivity (Wildman–Crippen MR) is 58.0 cm³/mol. The standard InChI is InChI=1S/C11H16N2O4/c14-9(6-1-2-6)12-3-4-13-10(15)7-5-8(7)11(16)17/h6-8H,1-5H2,(H,12,14)(H,13,15)(H,16,17)/t7-,8+/m1/s1. The zero-order valence-electron chi connectivity index (χ0n) is 9.44. The van der Waals surface area contributed by atoms with E-state index in [0.29, 0.717) is 19.5 Å². The van der Waals surface area contributed by atoms with Crippen molar-refractivity contribution in [3.63, 3.8) is 0 Å². The van der Waals surface area contributed by atoms with Gasteiger partial charge in [0.1, 0.15) is 0 Å². The maximum atomic E-state index is 11.4. The minimum Gasteiger partial charge on any atom is -0.481 e. The van der Waals surface area contributed by atoms with Gasteiger partial charge in [-0.3, -0.25) is 14.4 Å². The molecule has 2 saturated carbocycles. The molecule has 3 N–H and O–H groups in total. The minimum atomic E-state index is -0.910. The average molecular weight is 240 g/mol. The van der Waals surface area contributed by atoms with Crippen molar-refractivity contribution < 1.29 is 19.5 Å². The highest BCUT2D eigenvalue weighted by atomic mass is 16.4.